The zero-order valence-corrected chi connectivity index (χ0v) is 47.6. The van der Waals surface area contributed by atoms with Gasteiger partial charge in [-0.25, -0.2) is 4.79 Å². The summed E-state index contributed by atoms with van der Waals surface area (Å²) >= 11 is 77.5. The smallest absolute Gasteiger partial charge is 0.419 e. The van der Waals surface area contributed by atoms with Crippen LogP contribution in [0.4, 0.5) is 0 Å². The summed E-state index contributed by atoms with van der Waals surface area (Å²) in [5.74, 6) is 0. The van der Waals surface area contributed by atoms with E-state index < -0.39 is 31.4 Å². The van der Waals surface area contributed by atoms with E-state index in [1.54, 1.807) is 0 Å². The molecule has 34 heavy (non-hydrogen) atoms. The lowest BCUT2D eigenvalue weighted by Crippen LogP contribution is -2.70. The summed E-state index contributed by atoms with van der Waals surface area (Å²) in [4.78, 5) is 11.0. The third-order valence-corrected chi connectivity index (χ3v) is 46.1. The standard InChI is InChI=1S/C11Br21O2/c12-2(13,4(16,17)6(20,21)8(24,25)10(28,29)30)3(14,15)5(18,19)7(22,23)9(26,27)11(31,32)34-1-33. The molecule has 0 aromatic rings. The highest BCUT2D eigenvalue weighted by molar-refractivity contribution is 9.42. The summed E-state index contributed by atoms with van der Waals surface area (Å²) < 4.78 is -6.66. The van der Waals surface area contributed by atoms with E-state index in [1.807, 2.05) is 0 Å². The number of ether oxygens (including phenoxy) is 1. The molecule has 203 valence electrons. The SMILES string of the molecule is O=[C]OC(Br)(Br)C(Br)(Br)C(Br)(Br)C(Br)(Br)C(Br)(Br)C(Br)(Br)C(Br)(Br)C(Br)(Br)C(Br)(Br)C(Br)(Br)Br. The molecule has 0 rings (SSSR count). The summed E-state index contributed by atoms with van der Waals surface area (Å²) in [5.41, 5.74) is 0. The van der Waals surface area contributed by atoms with Crippen LogP contribution in [-0.4, -0.2) is 37.9 Å². The predicted molar refractivity (Wildman–Crippen MR) is 222 cm³/mol. The molecule has 1 radical (unpaired) electrons. The molecule has 0 N–H and O–H groups in total. The molecule has 2 nitrogen and oxygen atoms in total. The topological polar surface area (TPSA) is 26.3 Å². The lowest BCUT2D eigenvalue weighted by Gasteiger charge is -2.59. The average molecular weight is 1840 g/mol. The van der Waals surface area contributed by atoms with E-state index >= 15 is 0 Å². The zero-order chi connectivity index (χ0) is 28.4. The van der Waals surface area contributed by atoms with Crippen LogP contribution in [0.2, 0.25) is 0 Å². The molecule has 0 heterocycles. The molecule has 0 bridgehead atoms. The van der Waals surface area contributed by atoms with E-state index in [-0.39, 0.29) is 0 Å². The van der Waals surface area contributed by atoms with Crippen molar-refractivity contribution in [2.75, 3.05) is 0 Å². The van der Waals surface area contributed by atoms with Gasteiger partial charge in [0.2, 0.25) is 3.42 Å². The molecular weight excluding hydrogens is 1840 g/mol. The predicted octanol–water partition coefficient (Wildman–Crippen LogP) is 15.2. The summed E-state index contributed by atoms with van der Waals surface area (Å²) in [6, 6.07) is 0. The Balaban J connectivity index is 7.04. The number of alkyl halides is 21. The second kappa shape index (κ2) is 14.3. The number of hydrogen-bond acceptors (Lipinski definition) is 2. The van der Waals surface area contributed by atoms with Gasteiger partial charge in [0.1, 0.15) is 22.6 Å². The molecular formula is C11Br21O2. The summed E-state index contributed by atoms with van der Waals surface area (Å²) in [6.45, 7) is 1.41. The van der Waals surface area contributed by atoms with Crippen LogP contribution < -0.4 is 0 Å². The number of carbonyl (C=O) groups excluding carboxylic acids is 1. The minimum atomic E-state index is -1.50. The van der Waals surface area contributed by atoms with Crippen molar-refractivity contribution in [1.29, 1.82) is 0 Å². The largest absolute Gasteiger partial charge is 0.426 e. The first-order chi connectivity index (χ1) is 14.3. The third kappa shape index (κ3) is 7.64. The molecule has 0 unspecified atom stereocenters. The third-order valence-electron chi connectivity index (χ3n) is 3.65. The first-order valence-electron chi connectivity index (χ1n) is 6.83. The Bertz CT molecular complexity index is 761. The molecule has 0 aromatic carbocycles. The molecule has 0 saturated carbocycles. The first kappa shape index (κ1) is 43.6. The highest BCUT2D eigenvalue weighted by atomic mass is 80.0. The normalized spacial score (nSPS) is 16.5. The summed E-state index contributed by atoms with van der Waals surface area (Å²) in [7, 11) is 0. The fourth-order valence-electron chi connectivity index (χ4n) is 1.66. The van der Waals surface area contributed by atoms with Crippen LogP contribution in [0, 0.1) is 0 Å². The van der Waals surface area contributed by atoms with E-state index in [4.69, 9.17) is 4.74 Å². The molecule has 0 aliphatic carbocycles. The highest BCUT2D eigenvalue weighted by Crippen LogP contribution is 2.80. The monoisotopic (exact) mass is 1820 g/mol. The van der Waals surface area contributed by atoms with Crippen LogP contribution in [0.3, 0.4) is 0 Å². The van der Waals surface area contributed by atoms with Crippen LogP contribution in [0.15, 0.2) is 0 Å². The molecule has 0 saturated heterocycles. The Morgan fingerprint density at radius 1 is 0.353 bits per heavy atom. The van der Waals surface area contributed by atoms with Gasteiger partial charge in [-0.15, -0.1) is 0 Å². The Morgan fingerprint density at radius 3 is 0.765 bits per heavy atom. The van der Waals surface area contributed by atoms with Crippen LogP contribution in [0.25, 0.3) is 0 Å². The quantitative estimate of drug-likeness (QED) is 0.204. The fraction of sp³-hybridized carbons (Fsp3) is 0.909. The maximum Gasteiger partial charge on any atom is 0.419 e. The van der Waals surface area contributed by atoms with Crippen LogP contribution in [-0.2, 0) is 9.53 Å². The van der Waals surface area contributed by atoms with Crippen molar-refractivity contribution in [3.05, 3.63) is 0 Å². The van der Waals surface area contributed by atoms with Gasteiger partial charge in [-0.1, -0.05) is 303 Å². The molecule has 0 amide bonds. The molecule has 0 aromatic heterocycles. The van der Waals surface area contributed by atoms with Crippen molar-refractivity contribution < 1.29 is 9.53 Å². The van der Waals surface area contributed by atoms with Gasteiger partial charge in [-0.05, 0) is 31.9 Å². The Labute approximate surface area is 373 Å². The van der Waals surface area contributed by atoms with Crippen LogP contribution in [0.5, 0.6) is 0 Å². The molecule has 0 aliphatic heterocycles. The van der Waals surface area contributed by atoms with Crippen molar-refractivity contribution in [1.82, 2.24) is 0 Å². The lowest BCUT2D eigenvalue weighted by atomic mass is 10.1. The van der Waals surface area contributed by atoms with Gasteiger partial charge in [-0.3, -0.25) is 0 Å². The average Bonchev–Trinajstić information content (AvgIpc) is 2.59. The second-order valence-corrected chi connectivity index (χ2v) is 43.4. The zero-order valence-electron chi connectivity index (χ0n) is 14.3. The fourth-order valence-corrected chi connectivity index (χ4v) is 20.8. The number of halogens is 21. The number of hydrogen-bond donors (Lipinski definition) is 0. The van der Waals surface area contributed by atoms with Gasteiger partial charge < -0.3 is 4.74 Å². The van der Waals surface area contributed by atoms with Crippen LogP contribution >= 0.6 is 335 Å². The summed E-state index contributed by atoms with van der Waals surface area (Å²) in [6.07, 6.45) is 0. The van der Waals surface area contributed by atoms with Gasteiger partial charge in [0, 0.05) is 0 Å². The van der Waals surface area contributed by atoms with E-state index in [9.17, 15) is 4.79 Å². The van der Waals surface area contributed by atoms with Crippen molar-refractivity contribution in [3.63, 3.8) is 0 Å². The van der Waals surface area contributed by atoms with E-state index in [0.717, 1.165) is 0 Å². The van der Waals surface area contributed by atoms with Crippen LogP contribution in [0.1, 0.15) is 0 Å². The number of rotatable bonds is 10. The molecule has 0 spiro atoms. The molecule has 0 fully saturated rings. The minimum absolute atomic E-state index is 0.860. The first-order valence-corrected chi connectivity index (χ1v) is 23.5. The minimum Gasteiger partial charge on any atom is -0.426 e. The molecule has 0 atom stereocenters. The Morgan fingerprint density at radius 2 is 0.559 bits per heavy atom. The van der Waals surface area contributed by atoms with Crippen molar-refractivity contribution in [2.24, 2.45) is 0 Å². The Kier molecular flexibility index (Phi) is 18.4. The van der Waals surface area contributed by atoms with E-state index in [0.29, 0.717) is 0 Å². The molecule has 0 aliphatic rings. The van der Waals surface area contributed by atoms with Gasteiger partial charge in [0.25, 0.3) is 0 Å². The van der Waals surface area contributed by atoms with E-state index in [1.165, 1.54) is 6.47 Å². The van der Waals surface area contributed by atoms with Gasteiger partial charge >= 0.3 is 6.47 Å². The summed E-state index contributed by atoms with van der Waals surface area (Å²) in [5, 5.41) is 0. The van der Waals surface area contributed by atoms with Crippen molar-refractivity contribution in [2.45, 2.75) is 31.4 Å². The van der Waals surface area contributed by atoms with Gasteiger partial charge in [0.05, 0.1) is 0 Å². The molecule has 23 heteroatoms. The maximum absolute atomic E-state index is 11.0. The van der Waals surface area contributed by atoms with E-state index in [2.05, 4.69) is 335 Å². The van der Waals surface area contributed by atoms with Crippen molar-refractivity contribution >= 4 is 341 Å². The second-order valence-electron chi connectivity index (χ2n) is 5.80. The Hall–Kier alpha value is 9.55. The van der Waals surface area contributed by atoms with Gasteiger partial charge in [-0.2, -0.15) is 0 Å². The van der Waals surface area contributed by atoms with Crippen molar-refractivity contribution in [3.8, 4) is 0 Å². The maximum atomic E-state index is 11.0. The highest BCUT2D eigenvalue weighted by Gasteiger charge is 2.80. The lowest BCUT2D eigenvalue weighted by molar-refractivity contribution is 0.223. The van der Waals surface area contributed by atoms with Gasteiger partial charge in [0.15, 0.2) is 5.38 Å².